The first-order valence-electron chi connectivity index (χ1n) is 9.65. The van der Waals surface area contributed by atoms with Gasteiger partial charge in [0.1, 0.15) is 0 Å². The van der Waals surface area contributed by atoms with E-state index in [1.165, 1.54) is 5.56 Å². The van der Waals surface area contributed by atoms with Gasteiger partial charge in [-0.25, -0.2) is 0 Å². The van der Waals surface area contributed by atoms with Crippen LogP contribution in [0.1, 0.15) is 29.5 Å². The molecule has 0 spiro atoms. The Hall–Kier alpha value is -1.53. The fourth-order valence-electron chi connectivity index (χ4n) is 3.24. The first kappa shape index (κ1) is 21.2. The van der Waals surface area contributed by atoms with Crippen molar-refractivity contribution in [1.82, 2.24) is 10.2 Å². The van der Waals surface area contributed by atoms with Gasteiger partial charge in [0, 0.05) is 37.0 Å². The van der Waals surface area contributed by atoms with Crippen molar-refractivity contribution in [3.05, 3.63) is 70.2 Å². The average Bonchev–Trinajstić information content (AvgIpc) is 2.69. The molecular formula is C22H27ClN2O2S. The number of piperidine rings is 1. The highest BCUT2D eigenvalue weighted by Crippen LogP contribution is 2.17. The molecule has 0 radical (unpaired) electrons. The summed E-state index contributed by atoms with van der Waals surface area (Å²) in [5, 5.41) is 13.3. The van der Waals surface area contributed by atoms with Crippen LogP contribution in [0.5, 0.6) is 0 Å². The third-order valence-corrected chi connectivity index (χ3v) is 6.11. The van der Waals surface area contributed by atoms with Gasteiger partial charge >= 0.3 is 0 Å². The second kappa shape index (κ2) is 10.9. The van der Waals surface area contributed by atoms with Crippen molar-refractivity contribution in [1.29, 1.82) is 0 Å². The molecule has 150 valence electrons. The van der Waals surface area contributed by atoms with E-state index in [-0.39, 0.29) is 12.0 Å². The van der Waals surface area contributed by atoms with E-state index in [0.29, 0.717) is 12.3 Å². The first-order chi connectivity index (χ1) is 13.6. The number of aliphatic hydroxyl groups excluding tert-OH is 1. The zero-order chi connectivity index (χ0) is 19.8. The number of carbonyl (C=O) groups excluding carboxylic acids is 1. The summed E-state index contributed by atoms with van der Waals surface area (Å²) in [4.78, 5) is 14.4. The molecule has 6 heteroatoms. The van der Waals surface area contributed by atoms with Gasteiger partial charge in [-0.1, -0.05) is 48.0 Å². The highest BCUT2D eigenvalue weighted by atomic mass is 35.5. The summed E-state index contributed by atoms with van der Waals surface area (Å²) in [6, 6.07) is 16.1. The Balaban J connectivity index is 1.35. The highest BCUT2D eigenvalue weighted by molar-refractivity contribution is 7.99. The van der Waals surface area contributed by atoms with Gasteiger partial charge in [0.15, 0.2) is 0 Å². The van der Waals surface area contributed by atoms with Crippen LogP contribution in [0.2, 0.25) is 5.02 Å². The zero-order valence-electron chi connectivity index (χ0n) is 15.9. The zero-order valence-corrected chi connectivity index (χ0v) is 17.5. The van der Waals surface area contributed by atoms with Crippen LogP contribution < -0.4 is 5.32 Å². The predicted molar refractivity (Wildman–Crippen MR) is 116 cm³/mol. The molecule has 1 heterocycles. The number of carbonyl (C=O) groups is 1. The molecule has 0 aromatic heterocycles. The lowest BCUT2D eigenvalue weighted by atomic mass is 10.1. The third-order valence-electron chi connectivity index (χ3n) is 4.87. The van der Waals surface area contributed by atoms with Crippen molar-refractivity contribution in [3.8, 4) is 0 Å². The number of amides is 1. The number of likely N-dealkylation sites (tertiary alicyclic amines) is 1. The third kappa shape index (κ3) is 7.13. The van der Waals surface area contributed by atoms with Crippen LogP contribution in [0.3, 0.4) is 0 Å². The van der Waals surface area contributed by atoms with Crippen LogP contribution in [0, 0.1) is 0 Å². The van der Waals surface area contributed by atoms with Crippen LogP contribution in [-0.2, 0) is 23.6 Å². The fraction of sp³-hybridized carbons (Fsp3) is 0.409. The molecule has 2 aromatic carbocycles. The number of nitrogens with zero attached hydrogens (tertiary/aromatic N) is 1. The molecule has 0 aliphatic carbocycles. The average molecular weight is 419 g/mol. The molecule has 0 unspecified atom stereocenters. The molecule has 3 rings (SSSR count). The van der Waals surface area contributed by atoms with Gasteiger partial charge in [-0.2, -0.15) is 0 Å². The Labute approximate surface area is 176 Å². The van der Waals surface area contributed by atoms with Gasteiger partial charge in [-0.05, 0) is 41.7 Å². The highest BCUT2D eigenvalue weighted by Gasteiger charge is 2.16. The molecular weight excluding hydrogens is 392 g/mol. The Bertz CT molecular complexity index is 761. The SMILES string of the molecule is O=C(CSCc1cccc(Cl)c1)NCc1ccc(CN2CCC(O)CC2)cc1. The monoisotopic (exact) mass is 418 g/mol. The van der Waals surface area contributed by atoms with Crippen molar-refractivity contribution in [2.24, 2.45) is 0 Å². The van der Waals surface area contributed by atoms with Crippen LogP contribution >= 0.6 is 23.4 Å². The van der Waals surface area contributed by atoms with Crippen molar-refractivity contribution in [2.75, 3.05) is 18.8 Å². The molecule has 1 saturated heterocycles. The van der Waals surface area contributed by atoms with Crippen molar-refractivity contribution in [3.63, 3.8) is 0 Å². The summed E-state index contributed by atoms with van der Waals surface area (Å²) in [5.74, 6) is 1.25. The van der Waals surface area contributed by atoms with Crippen LogP contribution in [0.25, 0.3) is 0 Å². The molecule has 0 saturated carbocycles. The van der Waals surface area contributed by atoms with Gasteiger partial charge in [0.2, 0.25) is 5.91 Å². The standard InChI is InChI=1S/C22H27ClN2O2S/c23-20-3-1-2-19(12-20)15-28-16-22(27)24-13-17-4-6-18(7-5-17)14-25-10-8-21(26)9-11-25/h1-7,12,21,26H,8-11,13-16H2,(H,24,27). The molecule has 1 aliphatic heterocycles. The smallest absolute Gasteiger partial charge is 0.230 e. The summed E-state index contributed by atoms with van der Waals surface area (Å²) in [6.07, 6.45) is 1.59. The summed E-state index contributed by atoms with van der Waals surface area (Å²) in [5.41, 5.74) is 3.50. The predicted octanol–water partition coefficient (Wildman–Crippen LogP) is 3.85. The van der Waals surface area contributed by atoms with E-state index in [1.807, 2.05) is 24.3 Å². The minimum absolute atomic E-state index is 0.0444. The molecule has 28 heavy (non-hydrogen) atoms. The number of halogens is 1. The number of thioether (sulfide) groups is 1. The number of aliphatic hydroxyl groups is 1. The Morgan fingerprint density at radius 3 is 2.54 bits per heavy atom. The van der Waals surface area contributed by atoms with Gasteiger partial charge in [0.25, 0.3) is 0 Å². The van der Waals surface area contributed by atoms with Crippen molar-refractivity contribution >= 4 is 29.3 Å². The molecule has 2 N–H and O–H groups in total. The minimum Gasteiger partial charge on any atom is -0.393 e. The quantitative estimate of drug-likeness (QED) is 0.683. The molecule has 1 amide bonds. The topological polar surface area (TPSA) is 52.6 Å². The maximum Gasteiger partial charge on any atom is 0.230 e. The minimum atomic E-state index is -0.133. The van der Waals surface area contributed by atoms with Gasteiger partial charge < -0.3 is 10.4 Å². The van der Waals surface area contributed by atoms with E-state index in [9.17, 15) is 9.90 Å². The number of benzene rings is 2. The first-order valence-corrected chi connectivity index (χ1v) is 11.2. The van der Waals surface area contributed by atoms with Gasteiger partial charge in [0.05, 0.1) is 11.9 Å². The maximum atomic E-state index is 12.0. The van der Waals surface area contributed by atoms with E-state index in [1.54, 1.807) is 11.8 Å². The van der Waals surface area contributed by atoms with Gasteiger partial charge in [-0.15, -0.1) is 11.8 Å². The fourth-order valence-corrected chi connectivity index (χ4v) is 4.26. The lowest BCUT2D eigenvalue weighted by Gasteiger charge is -2.29. The van der Waals surface area contributed by atoms with Crippen LogP contribution in [-0.4, -0.2) is 40.9 Å². The number of nitrogens with one attached hydrogen (secondary N) is 1. The van der Waals surface area contributed by atoms with Gasteiger partial charge in [-0.3, -0.25) is 9.69 Å². The normalized spacial score (nSPS) is 15.5. The van der Waals surface area contributed by atoms with E-state index in [0.717, 1.165) is 54.4 Å². The van der Waals surface area contributed by atoms with E-state index >= 15 is 0 Å². The molecule has 0 bridgehead atoms. The Morgan fingerprint density at radius 2 is 1.82 bits per heavy atom. The summed E-state index contributed by atoms with van der Waals surface area (Å²) in [7, 11) is 0. The second-order valence-corrected chi connectivity index (χ2v) is 8.65. The molecule has 4 nitrogen and oxygen atoms in total. The molecule has 0 atom stereocenters. The van der Waals surface area contributed by atoms with E-state index < -0.39 is 0 Å². The Morgan fingerprint density at radius 1 is 1.11 bits per heavy atom. The lowest BCUT2D eigenvalue weighted by molar-refractivity contribution is -0.118. The largest absolute Gasteiger partial charge is 0.393 e. The molecule has 1 aliphatic rings. The Kier molecular flexibility index (Phi) is 8.22. The molecule has 2 aromatic rings. The number of hydrogen-bond donors (Lipinski definition) is 2. The van der Waals surface area contributed by atoms with E-state index in [4.69, 9.17) is 11.6 Å². The van der Waals surface area contributed by atoms with E-state index in [2.05, 4.69) is 34.5 Å². The van der Waals surface area contributed by atoms with Crippen molar-refractivity contribution < 1.29 is 9.90 Å². The maximum absolute atomic E-state index is 12.0. The van der Waals surface area contributed by atoms with Crippen LogP contribution in [0.15, 0.2) is 48.5 Å². The lowest BCUT2D eigenvalue weighted by Crippen LogP contribution is -2.35. The summed E-state index contributed by atoms with van der Waals surface area (Å²) >= 11 is 7.56. The van der Waals surface area contributed by atoms with Crippen LogP contribution in [0.4, 0.5) is 0 Å². The second-order valence-electron chi connectivity index (χ2n) is 7.22. The number of rotatable bonds is 8. The summed E-state index contributed by atoms with van der Waals surface area (Å²) < 4.78 is 0. The number of hydrogen-bond acceptors (Lipinski definition) is 4. The molecule has 1 fully saturated rings. The van der Waals surface area contributed by atoms with Crippen molar-refractivity contribution in [2.45, 2.75) is 37.8 Å². The summed E-state index contributed by atoms with van der Waals surface area (Å²) in [6.45, 7) is 3.36.